The van der Waals surface area contributed by atoms with Crippen molar-refractivity contribution in [2.75, 3.05) is 22.9 Å². The van der Waals surface area contributed by atoms with Crippen molar-refractivity contribution in [3.05, 3.63) is 40.6 Å². The molecule has 3 rings (SSSR count). The van der Waals surface area contributed by atoms with Crippen LogP contribution in [-0.2, 0) is 19.1 Å². The maximum atomic E-state index is 9.81. The van der Waals surface area contributed by atoms with Gasteiger partial charge in [-0.05, 0) is 24.3 Å². The van der Waals surface area contributed by atoms with Gasteiger partial charge in [0.1, 0.15) is 5.52 Å². The average Bonchev–Trinajstić information content (AvgIpc) is 3.09. The van der Waals surface area contributed by atoms with E-state index >= 15 is 0 Å². The van der Waals surface area contributed by atoms with E-state index in [-0.39, 0.29) is 6.47 Å². The number of carboxylic acid groups (broad SMARTS) is 1. The van der Waals surface area contributed by atoms with Gasteiger partial charge in [-0.3, -0.25) is 14.4 Å². The van der Waals surface area contributed by atoms with Gasteiger partial charge in [0.15, 0.2) is 0 Å². The second-order valence-electron chi connectivity index (χ2n) is 5.50. The van der Waals surface area contributed by atoms with Crippen LogP contribution in [0.15, 0.2) is 30.6 Å². The topological polar surface area (TPSA) is 213 Å². The fourth-order valence-corrected chi connectivity index (χ4v) is 2.40. The number of benzene rings is 2. The molecule has 0 radical (unpaired) electrons. The molecule has 0 spiro atoms. The van der Waals surface area contributed by atoms with Crippen molar-refractivity contribution in [2.24, 2.45) is 0 Å². The molecule has 1 aromatic heterocycles. The lowest BCUT2D eigenvalue weighted by atomic mass is 10.2. The van der Waals surface area contributed by atoms with Gasteiger partial charge in [-0.1, -0.05) is 23.2 Å². The number of nitrogens with zero attached hydrogens (tertiary/aromatic N) is 1. The zero-order chi connectivity index (χ0) is 24.1. The van der Waals surface area contributed by atoms with Gasteiger partial charge in [0.2, 0.25) is 0 Å². The molecule has 0 aliphatic carbocycles. The summed E-state index contributed by atoms with van der Waals surface area (Å²) in [5.74, 6) is -1.12. The molecular weight excluding hydrogens is 451 g/mol. The summed E-state index contributed by atoms with van der Waals surface area (Å²) < 4.78 is 3.97. The number of imidazole rings is 1. The number of anilines is 4. The van der Waals surface area contributed by atoms with Crippen molar-refractivity contribution in [3.8, 4) is 0 Å². The van der Waals surface area contributed by atoms with E-state index in [9.17, 15) is 9.59 Å². The molecule has 0 unspecified atom stereocenters. The molecule has 0 saturated carbocycles. The maximum Gasteiger partial charge on any atom is 0.310 e. The van der Waals surface area contributed by atoms with Gasteiger partial charge >= 0.3 is 11.9 Å². The van der Waals surface area contributed by atoms with E-state index in [1.165, 1.54) is 13.8 Å². The minimum atomic E-state index is -0.562. The number of fused-ring (bicyclic) bond motifs is 1. The standard InChI is InChI=1S/C7H6ClN3.C6H8ClN3.C4H6O3.CH2O2/c8-5-1-4(9)2-6-7(5)11-3-10-6;7-4-1-3(8)2-5(9)6(4)10;1-3(5)7-4(2)6;2-1-3/h1-3H,9H2,(H,10,11);1-2H,8-10H2;1-2H3;1H,(H,2,3). The van der Waals surface area contributed by atoms with Gasteiger partial charge in [0.05, 0.1) is 33.3 Å². The number of halogens is 2. The number of nitrogens with two attached hydrogens (primary N) is 4. The largest absolute Gasteiger partial charge is 0.483 e. The monoisotopic (exact) mass is 472 g/mol. The summed E-state index contributed by atoms with van der Waals surface area (Å²) in [5.41, 5.74) is 25.4. The molecule has 0 aliphatic rings. The number of aromatic amines is 1. The molecule has 0 amide bonds. The van der Waals surface area contributed by atoms with Gasteiger partial charge in [0, 0.05) is 25.2 Å². The zero-order valence-corrected chi connectivity index (χ0v) is 18.1. The fraction of sp³-hybridized carbons (Fsp3) is 0.111. The first-order valence-electron chi connectivity index (χ1n) is 8.17. The molecule has 0 fully saturated rings. The number of ether oxygens (including phenoxy) is 1. The Labute approximate surface area is 187 Å². The summed E-state index contributed by atoms with van der Waals surface area (Å²) in [5, 5.41) is 7.87. The SMILES string of the molecule is CC(=O)OC(C)=O.Nc1cc(Cl)c2nc[nH]c2c1.Nc1cc(N)c(N)c(Cl)c1.O=CO. The quantitative estimate of drug-likeness (QED) is 0.121. The first kappa shape index (κ1) is 27.3. The molecule has 0 aliphatic heterocycles. The summed E-state index contributed by atoms with van der Waals surface area (Å²) in [6, 6.07) is 6.62. The highest BCUT2D eigenvalue weighted by atomic mass is 35.5. The molecular formula is C18H22Cl2N6O5. The first-order valence-corrected chi connectivity index (χ1v) is 8.93. The minimum Gasteiger partial charge on any atom is -0.483 e. The molecule has 13 heteroatoms. The van der Waals surface area contributed by atoms with Crippen LogP contribution >= 0.6 is 23.2 Å². The van der Waals surface area contributed by atoms with Gasteiger partial charge in [0.25, 0.3) is 6.47 Å². The van der Waals surface area contributed by atoms with E-state index in [1.807, 2.05) is 0 Å². The third-order valence-electron chi connectivity index (χ3n) is 2.97. The van der Waals surface area contributed by atoms with E-state index in [1.54, 1.807) is 30.6 Å². The number of nitrogens with one attached hydrogen (secondary N) is 1. The van der Waals surface area contributed by atoms with E-state index in [4.69, 9.17) is 56.0 Å². The number of hydrogen-bond donors (Lipinski definition) is 6. The number of carbonyl (C=O) groups excluding carboxylic acids is 2. The summed E-state index contributed by atoms with van der Waals surface area (Å²) in [6.07, 6.45) is 1.59. The molecule has 0 saturated heterocycles. The summed E-state index contributed by atoms with van der Waals surface area (Å²) in [4.78, 5) is 34.9. The van der Waals surface area contributed by atoms with Crippen molar-refractivity contribution in [1.82, 2.24) is 9.97 Å². The Balaban J connectivity index is 0.000000419. The number of aromatic nitrogens is 2. The molecule has 10 N–H and O–H groups in total. The third kappa shape index (κ3) is 10.6. The number of hydrogen-bond acceptors (Lipinski definition) is 9. The molecule has 0 atom stereocenters. The smallest absolute Gasteiger partial charge is 0.310 e. The Morgan fingerprint density at radius 1 is 1.00 bits per heavy atom. The number of carbonyl (C=O) groups is 3. The molecule has 168 valence electrons. The Morgan fingerprint density at radius 2 is 1.48 bits per heavy atom. The third-order valence-corrected chi connectivity index (χ3v) is 3.57. The van der Waals surface area contributed by atoms with Crippen LogP contribution in [0.3, 0.4) is 0 Å². The highest BCUT2D eigenvalue weighted by Gasteiger charge is 2.01. The van der Waals surface area contributed by atoms with E-state index in [0.29, 0.717) is 32.8 Å². The summed E-state index contributed by atoms with van der Waals surface area (Å²) >= 11 is 11.5. The van der Waals surface area contributed by atoms with Gasteiger partial charge < -0.3 is 37.8 Å². The van der Waals surface area contributed by atoms with E-state index in [2.05, 4.69) is 14.7 Å². The van der Waals surface area contributed by atoms with Crippen molar-refractivity contribution in [1.29, 1.82) is 0 Å². The molecule has 2 aromatic carbocycles. The number of rotatable bonds is 0. The summed E-state index contributed by atoms with van der Waals surface area (Å²) in [7, 11) is 0. The van der Waals surface area contributed by atoms with Crippen molar-refractivity contribution < 1.29 is 24.2 Å². The maximum absolute atomic E-state index is 9.81. The van der Waals surface area contributed by atoms with Crippen LogP contribution in [0.5, 0.6) is 0 Å². The number of H-pyrrole nitrogens is 1. The lowest BCUT2D eigenvalue weighted by Gasteiger charge is -2.02. The Morgan fingerprint density at radius 3 is 1.94 bits per heavy atom. The van der Waals surface area contributed by atoms with Crippen LogP contribution in [0, 0.1) is 0 Å². The van der Waals surface area contributed by atoms with Crippen LogP contribution in [0.25, 0.3) is 11.0 Å². The Hall–Kier alpha value is -3.70. The Kier molecular flexibility index (Phi) is 11.9. The molecule has 1 heterocycles. The normalized spacial score (nSPS) is 9.03. The van der Waals surface area contributed by atoms with E-state index in [0.717, 1.165) is 11.0 Å². The predicted molar refractivity (Wildman–Crippen MR) is 121 cm³/mol. The predicted octanol–water partition coefficient (Wildman–Crippen LogP) is 2.68. The van der Waals surface area contributed by atoms with Crippen LogP contribution in [0.4, 0.5) is 22.7 Å². The van der Waals surface area contributed by atoms with Crippen LogP contribution in [0.1, 0.15) is 13.8 Å². The van der Waals surface area contributed by atoms with Crippen LogP contribution in [0.2, 0.25) is 10.0 Å². The molecule has 3 aromatic rings. The number of nitrogen functional groups attached to an aromatic ring is 4. The highest BCUT2D eigenvalue weighted by Crippen LogP contribution is 2.27. The fourth-order valence-electron chi connectivity index (χ4n) is 1.89. The zero-order valence-electron chi connectivity index (χ0n) is 16.6. The van der Waals surface area contributed by atoms with Crippen molar-refractivity contribution in [3.63, 3.8) is 0 Å². The molecule has 31 heavy (non-hydrogen) atoms. The van der Waals surface area contributed by atoms with Crippen molar-refractivity contribution >= 4 is 75.4 Å². The lowest BCUT2D eigenvalue weighted by molar-refractivity contribution is -0.156. The molecule has 11 nitrogen and oxygen atoms in total. The first-order chi connectivity index (χ1) is 14.4. The van der Waals surface area contributed by atoms with Crippen LogP contribution in [-0.4, -0.2) is 33.5 Å². The average molecular weight is 473 g/mol. The minimum absolute atomic E-state index is 0.250. The highest BCUT2D eigenvalue weighted by molar-refractivity contribution is 6.35. The van der Waals surface area contributed by atoms with Gasteiger partial charge in [-0.15, -0.1) is 0 Å². The number of esters is 2. The van der Waals surface area contributed by atoms with Gasteiger partial charge in [-0.25, -0.2) is 4.98 Å². The van der Waals surface area contributed by atoms with Gasteiger partial charge in [-0.2, -0.15) is 0 Å². The summed E-state index contributed by atoms with van der Waals surface area (Å²) in [6.45, 7) is 2.11. The molecule has 0 bridgehead atoms. The lowest BCUT2D eigenvalue weighted by Crippen LogP contribution is -2.03. The van der Waals surface area contributed by atoms with Crippen molar-refractivity contribution in [2.45, 2.75) is 13.8 Å². The second kappa shape index (κ2) is 13.5. The van der Waals surface area contributed by atoms with E-state index < -0.39 is 11.9 Å². The van der Waals surface area contributed by atoms with Crippen LogP contribution < -0.4 is 22.9 Å². The second-order valence-corrected chi connectivity index (χ2v) is 6.31. The Bertz CT molecular complexity index is 1010.